The maximum absolute atomic E-state index is 6.01. The molecule has 6 heteroatoms. The standard InChI is InChI=1S/C12H15ClN4O/c1-8(14)4-2-6-10-16-12(17-18-10)11-9(13)5-3-7-15-11/h3,5,7-8H,2,4,6,14H2,1H3. The van der Waals surface area contributed by atoms with E-state index in [-0.39, 0.29) is 6.04 Å². The number of aryl methyl sites for hydroxylation is 1. The molecule has 2 heterocycles. The number of nitrogens with two attached hydrogens (primary N) is 1. The Balaban J connectivity index is 2.04. The first-order valence-electron chi connectivity index (χ1n) is 5.86. The highest BCUT2D eigenvalue weighted by Gasteiger charge is 2.12. The van der Waals surface area contributed by atoms with Crippen LogP contribution in [-0.4, -0.2) is 21.2 Å². The smallest absolute Gasteiger partial charge is 0.227 e. The van der Waals surface area contributed by atoms with Crippen LogP contribution in [0, 0.1) is 0 Å². The van der Waals surface area contributed by atoms with Crippen molar-refractivity contribution in [3.63, 3.8) is 0 Å². The van der Waals surface area contributed by atoms with Crippen LogP contribution >= 0.6 is 11.6 Å². The molecule has 2 aromatic heterocycles. The second kappa shape index (κ2) is 5.93. The van der Waals surface area contributed by atoms with Crippen LogP contribution in [0.4, 0.5) is 0 Å². The molecule has 5 nitrogen and oxygen atoms in total. The molecule has 1 atom stereocenters. The van der Waals surface area contributed by atoms with Crippen LogP contribution in [0.5, 0.6) is 0 Å². The number of nitrogens with zero attached hydrogens (tertiary/aromatic N) is 3. The molecule has 0 amide bonds. The number of hydrogen-bond acceptors (Lipinski definition) is 5. The molecule has 0 fully saturated rings. The topological polar surface area (TPSA) is 77.8 Å². The summed E-state index contributed by atoms with van der Waals surface area (Å²) >= 11 is 6.01. The molecule has 2 aromatic rings. The Morgan fingerprint density at radius 3 is 3.06 bits per heavy atom. The Labute approximate surface area is 110 Å². The van der Waals surface area contributed by atoms with E-state index in [0.29, 0.717) is 22.4 Å². The molecule has 18 heavy (non-hydrogen) atoms. The second-order valence-electron chi connectivity index (χ2n) is 4.22. The maximum Gasteiger partial charge on any atom is 0.227 e. The van der Waals surface area contributed by atoms with Crippen LogP contribution in [0.15, 0.2) is 22.9 Å². The van der Waals surface area contributed by atoms with Crippen molar-refractivity contribution in [2.75, 3.05) is 0 Å². The molecule has 0 aliphatic rings. The summed E-state index contributed by atoms with van der Waals surface area (Å²) in [7, 11) is 0. The van der Waals surface area contributed by atoms with E-state index in [1.165, 1.54) is 0 Å². The van der Waals surface area contributed by atoms with Gasteiger partial charge in [-0.05, 0) is 31.9 Å². The summed E-state index contributed by atoms with van der Waals surface area (Å²) in [5.41, 5.74) is 6.22. The summed E-state index contributed by atoms with van der Waals surface area (Å²) in [5.74, 6) is 1.02. The lowest BCUT2D eigenvalue weighted by Crippen LogP contribution is -2.14. The molecule has 0 bridgehead atoms. The summed E-state index contributed by atoms with van der Waals surface area (Å²) in [6.45, 7) is 1.98. The second-order valence-corrected chi connectivity index (χ2v) is 4.62. The minimum absolute atomic E-state index is 0.192. The first-order valence-corrected chi connectivity index (χ1v) is 6.23. The van der Waals surface area contributed by atoms with Gasteiger partial charge in [0.1, 0.15) is 5.69 Å². The van der Waals surface area contributed by atoms with Gasteiger partial charge in [0.25, 0.3) is 0 Å². The minimum atomic E-state index is 0.192. The summed E-state index contributed by atoms with van der Waals surface area (Å²) in [5, 5.41) is 4.40. The highest BCUT2D eigenvalue weighted by atomic mass is 35.5. The van der Waals surface area contributed by atoms with Gasteiger partial charge in [0, 0.05) is 18.7 Å². The SMILES string of the molecule is CC(N)CCCc1nc(-c2ncccc2Cl)no1. The van der Waals surface area contributed by atoms with E-state index in [0.717, 1.165) is 19.3 Å². The third kappa shape index (κ3) is 3.27. The van der Waals surface area contributed by atoms with Gasteiger partial charge in [-0.1, -0.05) is 16.8 Å². The molecule has 2 rings (SSSR count). The molecule has 1 unspecified atom stereocenters. The molecular weight excluding hydrogens is 252 g/mol. The molecule has 0 aromatic carbocycles. The summed E-state index contributed by atoms with van der Waals surface area (Å²) in [6.07, 6.45) is 4.23. The Morgan fingerprint density at radius 2 is 2.33 bits per heavy atom. The summed E-state index contributed by atoms with van der Waals surface area (Å²) in [6, 6.07) is 3.70. The van der Waals surface area contributed by atoms with Gasteiger partial charge in [-0.2, -0.15) is 4.98 Å². The fourth-order valence-corrected chi connectivity index (χ4v) is 1.78. The Kier molecular flexibility index (Phi) is 4.28. The van der Waals surface area contributed by atoms with E-state index in [2.05, 4.69) is 15.1 Å². The van der Waals surface area contributed by atoms with Crippen molar-refractivity contribution in [3.05, 3.63) is 29.2 Å². The van der Waals surface area contributed by atoms with E-state index in [1.54, 1.807) is 18.3 Å². The van der Waals surface area contributed by atoms with Gasteiger partial charge < -0.3 is 10.3 Å². The van der Waals surface area contributed by atoms with Crippen LogP contribution in [0.3, 0.4) is 0 Å². The van der Waals surface area contributed by atoms with Gasteiger partial charge in [0.15, 0.2) is 0 Å². The third-order valence-electron chi connectivity index (χ3n) is 2.49. The van der Waals surface area contributed by atoms with E-state index in [9.17, 15) is 0 Å². The Hall–Kier alpha value is -1.46. The molecule has 0 saturated carbocycles. The molecule has 0 aliphatic carbocycles. The average Bonchev–Trinajstić information content (AvgIpc) is 2.78. The number of rotatable bonds is 5. The lowest BCUT2D eigenvalue weighted by atomic mass is 10.1. The van der Waals surface area contributed by atoms with E-state index in [4.69, 9.17) is 21.9 Å². The fourth-order valence-electron chi connectivity index (χ4n) is 1.58. The Morgan fingerprint density at radius 1 is 1.50 bits per heavy atom. The van der Waals surface area contributed by atoms with Crippen LogP contribution in [0.1, 0.15) is 25.7 Å². The van der Waals surface area contributed by atoms with Crippen molar-refractivity contribution in [2.24, 2.45) is 5.73 Å². The monoisotopic (exact) mass is 266 g/mol. The van der Waals surface area contributed by atoms with Crippen molar-refractivity contribution in [3.8, 4) is 11.5 Å². The normalized spacial score (nSPS) is 12.6. The zero-order chi connectivity index (χ0) is 13.0. The van der Waals surface area contributed by atoms with Gasteiger partial charge in [0.2, 0.25) is 11.7 Å². The molecule has 0 radical (unpaired) electrons. The molecule has 96 valence electrons. The van der Waals surface area contributed by atoms with Crippen LogP contribution in [-0.2, 0) is 6.42 Å². The summed E-state index contributed by atoms with van der Waals surface area (Å²) in [4.78, 5) is 8.41. The quantitative estimate of drug-likeness (QED) is 0.899. The van der Waals surface area contributed by atoms with Crippen molar-refractivity contribution >= 4 is 11.6 Å². The highest BCUT2D eigenvalue weighted by molar-refractivity contribution is 6.32. The highest BCUT2D eigenvalue weighted by Crippen LogP contribution is 2.22. The zero-order valence-electron chi connectivity index (χ0n) is 10.1. The number of hydrogen-bond donors (Lipinski definition) is 1. The minimum Gasteiger partial charge on any atom is -0.339 e. The average molecular weight is 267 g/mol. The first kappa shape index (κ1) is 13.0. The number of halogens is 1. The van der Waals surface area contributed by atoms with Crippen LogP contribution in [0.2, 0.25) is 5.02 Å². The molecule has 0 spiro atoms. The molecule has 0 saturated heterocycles. The lowest BCUT2D eigenvalue weighted by Gasteiger charge is -2.00. The first-order chi connectivity index (χ1) is 8.66. The van der Waals surface area contributed by atoms with Crippen molar-refractivity contribution < 1.29 is 4.52 Å². The fraction of sp³-hybridized carbons (Fsp3) is 0.417. The number of aromatic nitrogens is 3. The van der Waals surface area contributed by atoms with Gasteiger partial charge in [-0.25, -0.2) is 0 Å². The van der Waals surface area contributed by atoms with E-state index >= 15 is 0 Å². The van der Waals surface area contributed by atoms with Gasteiger partial charge >= 0.3 is 0 Å². The van der Waals surface area contributed by atoms with E-state index in [1.807, 2.05) is 6.92 Å². The third-order valence-corrected chi connectivity index (χ3v) is 2.79. The zero-order valence-corrected chi connectivity index (χ0v) is 10.9. The summed E-state index contributed by atoms with van der Waals surface area (Å²) < 4.78 is 5.16. The van der Waals surface area contributed by atoms with Crippen molar-refractivity contribution in [1.29, 1.82) is 0 Å². The molecule has 2 N–H and O–H groups in total. The van der Waals surface area contributed by atoms with Crippen molar-refractivity contribution in [2.45, 2.75) is 32.2 Å². The van der Waals surface area contributed by atoms with Crippen molar-refractivity contribution in [1.82, 2.24) is 15.1 Å². The van der Waals surface area contributed by atoms with Gasteiger partial charge in [-0.3, -0.25) is 4.98 Å². The Bertz CT molecular complexity index is 512. The molecule has 0 aliphatic heterocycles. The predicted molar refractivity (Wildman–Crippen MR) is 69.1 cm³/mol. The lowest BCUT2D eigenvalue weighted by molar-refractivity contribution is 0.373. The van der Waals surface area contributed by atoms with Crippen LogP contribution in [0.25, 0.3) is 11.5 Å². The van der Waals surface area contributed by atoms with Gasteiger partial charge in [0.05, 0.1) is 5.02 Å². The predicted octanol–water partition coefficient (Wildman–Crippen LogP) is 2.45. The molecular formula is C12H15ClN4O. The maximum atomic E-state index is 6.01. The van der Waals surface area contributed by atoms with Gasteiger partial charge in [-0.15, -0.1) is 0 Å². The van der Waals surface area contributed by atoms with Crippen LogP contribution < -0.4 is 5.73 Å². The largest absolute Gasteiger partial charge is 0.339 e. The van der Waals surface area contributed by atoms with E-state index < -0.39 is 0 Å². The number of pyridine rings is 1.